The predicted molar refractivity (Wildman–Crippen MR) is 51.3 cm³/mol. The summed E-state index contributed by atoms with van der Waals surface area (Å²) in [6.45, 7) is 1.66. The smallest absolute Gasteiger partial charge is 0.268 e. The Bertz CT molecular complexity index is 293. The van der Waals surface area contributed by atoms with Crippen molar-refractivity contribution in [2.24, 2.45) is 0 Å². The van der Waals surface area contributed by atoms with Crippen LogP contribution in [0, 0.1) is 0 Å². The van der Waals surface area contributed by atoms with Gasteiger partial charge >= 0.3 is 0 Å². The topological polar surface area (TPSA) is 60.7 Å². The van der Waals surface area contributed by atoms with Gasteiger partial charge in [0.25, 0.3) is 5.56 Å². The minimum absolute atomic E-state index is 0. The lowest BCUT2D eigenvalue weighted by atomic mass is 10.1. The summed E-state index contributed by atoms with van der Waals surface area (Å²) in [6.07, 6.45) is 0.925. The highest BCUT2D eigenvalue weighted by molar-refractivity contribution is 5.85. The van der Waals surface area contributed by atoms with E-state index in [0.717, 1.165) is 24.2 Å². The van der Waals surface area contributed by atoms with Gasteiger partial charge in [-0.2, -0.15) is 0 Å². The van der Waals surface area contributed by atoms with Gasteiger partial charge in [-0.1, -0.05) is 0 Å². The molecule has 0 bridgehead atoms. The highest BCUT2D eigenvalue weighted by Crippen LogP contribution is 2.03. The van der Waals surface area contributed by atoms with Crippen LogP contribution in [0.5, 0.6) is 0 Å². The van der Waals surface area contributed by atoms with Crippen LogP contribution < -0.4 is 10.9 Å². The fourth-order valence-corrected chi connectivity index (χ4v) is 1.25. The van der Waals surface area contributed by atoms with Crippen molar-refractivity contribution in [3.63, 3.8) is 0 Å². The molecule has 0 spiro atoms. The number of H-pyrrole nitrogens is 2. The third-order valence-electron chi connectivity index (χ3n) is 1.82. The first-order chi connectivity index (χ1) is 4.88. The average molecular weight is 212 g/mol. The zero-order valence-electron chi connectivity index (χ0n) is 6.35. The summed E-state index contributed by atoms with van der Waals surface area (Å²) in [6, 6.07) is 0. The van der Waals surface area contributed by atoms with Crippen LogP contribution in [-0.2, 0) is 13.0 Å². The van der Waals surface area contributed by atoms with E-state index < -0.39 is 0 Å². The number of halogens is 2. The largest absolute Gasteiger partial charge is 0.312 e. The first kappa shape index (κ1) is 11.6. The van der Waals surface area contributed by atoms with Gasteiger partial charge in [-0.25, -0.2) is 0 Å². The maximum Gasteiger partial charge on any atom is 0.268 e. The van der Waals surface area contributed by atoms with E-state index in [1.54, 1.807) is 0 Å². The van der Waals surface area contributed by atoms with E-state index in [-0.39, 0.29) is 30.4 Å². The molecule has 3 N–H and O–H groups in total. The van der Waals surface area contributed by atoms with Crippen LogP contribution in [0.3, 0.4) is 0 Å². The molecular weight excluding hydrogens is 201 g/mol. The lowest BCUT2D eigenvalue weighted by molar-refractivity contribution is 0.635. The third kappa shape index (κ3) is 1.83. The van der Waals surface area contributed by atoms with Crippen LogP contribution >= 0.6 is 24.8 Å². The van der Waals surface area contributed by atoms with Crippen LogP contribution in [0.25, 0.3) is 0 Å². The number of nitrogens with one attached hydrogen (secondary N) is 3. The molecule has 0 radical (unpaired) electrons. The number of aromatic amines is 2. The third-order valence-corrected chi connectivity index (χ3v) is 1.82. The molecule has 0 aliphatic carbocycles. The van der Waals surface area contributed by atoms with Crippen LogP contribution in [0.4, 0.5) is 0 Å². The lowest BCUT2D eigenvalue weighted by Gasteiger charge is -2.09. The monoisotopic (exact) mass is 211 g/mol. The van der Waals surface area contributed by atoms with E-state index >= 15 is 0 Å². The van der Waals surface area contributed by atoms with Crippen LogP contribution in [0.1, 0.15) is 11.3 Å². The molecule has 1 aromatic rings. The second-order valence-corrected chi connectivity index (χ2v) is 2.46. The van der Waals surface area contributed by atoms with Crippen molar-refractivity contribution in [2.75, 3.05) is 6.54 Å². The van der Waals surface area contributed by atoms with Gasteiger partial charge < -0.3 is 10.4 Å². The highest BCUT2D eigenvalue weighted by atomic mass is 35.5. The molecule has 0 aromatic carbocycles. The first-order valence-corrected chi connectivity index (χ1v) is 3.37. The molecule has 70 valence electrons. The molecular formula is C6H11Cl2N3O. The standard InChI is InChI=1S/C6H9N3O.2ClH/c10-6-4-3-7-2-1-5(4)8-9-6;;/h7H,1-3H2,(H2,8,9,10);2*1H. The van der Waals surface area contributed by atoms with Crippen molar-refractivity contribution >= 4 is 24.8 Å². The zero-order valence-corrected chi connectivity index (χ0v) is 7.98. The van der Waals surface area contributed by atoms with Gasteiger partial charge in [0, 0.05) is 25.2 Å². The molecule has 0 atom stereocenters. The molecule has 0 fully saturated rings. The molecule has 6 heteroatoms. The Morgan fingerprint density at radius 3 is 2.58 bits per heavy atom. The summed E-state index contributed by atoms with van der Waals surface area (Å²) in [4.78, 5) is 10.9. The number of hydrogen-bond donors (Lipinski definition) is 3. The van der Waals surface area contributed by atoms with Crippen molar-refractivity contribution in [3.05, 3.63) is 21.6 Å². The van der Waals surface area contributed by atoms with E-state index in [1.165, 1.54) is 0 Å². The maximum atomic E-state index is 10.9. The Labute approximate surface area is 81.9 Å². The summed E-state index contributed by atoms with van der Waals surface area (Å²) in [5.41, 5.74) is 1.94. The predicted octanol–water partition coefficient (Wildman–Crippen LogP) is 0.192. The van der Waals surface area contributed by atoms with Gasteiger partial charge in [0.15, 0.2) is 0 Å². The SMILES string of the molecule is Cl.Cl.O=c1[nH][nH]c2c1CNCC2. The Balaban J connectivity index is 0.000000605. The summed E-state index contributed by atoms with van der Waals surface area (Å²) in [5, 5.41) is 8.53. The fourth-order valence-electron chi connectivity index (χ4n) is 1.25. The number of aromatic nitrogens is 2. The normalized spacial score (nSPS) is 14.0. The van der Waals surface area contributed by atoms with Gasteiger partial charge in [0.1, 0.15) is 0 Å². The molecule has 0 amide bonds. The first-order valence-electron chi connectivity index (χ1n) is 3.37. The van der Waals surface area contributed by atoms with Crippen molar-refractivity contribution < 1.29 is 0 Å². The van der Waals surface area contributed by atoms with Crippen LogP contribution in [0.2, 0.25) is 0 Å². The van der Waals surface area contributed by atoms with Crippen LogP contribution in [0.15, 0.2) is 4.79 Å². The molecule has 1 aliphatic heterocycles. The summed E-state index contributed by atoms with van der Waals surface area (Å²) >= 11 is 0. The average Bonchev–Trinajstić information content (AvgIpc) is 2.34. The van der Waals surface area contributed by atoms with Gasteiger partial charge in [-0.05, 0) is 0 Å². The maximum absolute atomic E-state index is 10.9. The minimum Gasteiger partial charge on any atom is -0.312 e. The van der Waals surface area contributed by atoms with E-state index in [4.69, 9.17) is 0 Å². The number of hydrogen-bond acceptors (Lipinski definition) is 2. The molecule has 0 saturated carbocycles. The molecule has 2 heterocycles. The van der Waals surface area contributed by atoms with Gasteiger partial charge in [-0.3, -0.25) is 9.89 Å². The summed E-state index contributed by atoms with van der Waals surface area (Å²) < 4.78 is 0. The number of fused-ring (bicyclic) bond motifs is 1. The van der Waals surface area contributed by atoms with Crippen molar-refractivity contribution in [2.45, 2.75) is 13.0 Å². The van der Waals surface area contributed by atoms with Crippen molar-refractivity contribution in [3.8, 4) is 0 Å². The molecule has 4 nitrogen and oxygen atoms in total. The summed E-state index contributed by atoms with van der Waals surface area (Å²) in [5.74, 6) is 0. The van der Waals surface area contributed by atoms with Crippen LogP contribution in [-0.4, -0.2) is 16.7 Å². The molecule has 0 unspecified atom stereocenters. The second-order valence-electron chi connectivity index (χ2n) is 2.46. The summed E-state index contributed by atoms with van der Waals surface area (Å²) in [7, 11) is 0. The van der Waals surface area contributed by atoms with E-state index in [9.17, 15) is 4.79 Å². The Morgan fingerprint density at radius 2 is 1.92 bits per heavy atom. The molecule has 2 rings (SSSR count). The van der Waals surface area contributed by atoms with E-state index in [0.29, 0.717) is 6.54 Å². The second kappa shape index (κ2) is 4.54. The van der Waals surface area contributed by atoms with E-state index in [1.807, 2.05) is 0 Å². The van der Waals surface area contributed by atoms with E-state index in [2.05, 4.69) is 15.5 Å². The minimum atomic E-state index is 0. The lowest BCUT2D eigenvalue weighted by Crippen LogP contribution is -2.26. The van der Waals surface area contributed by atoms with Gasteiger partial charge in [0.2, 0.25) is 0 Å². The fraction of sp³-hybridized carbons (Fsp3) is 0.500. The number of rotatable bonds is 0. The molecule has 1 aromatic heterocycles. The van der Waals surface area contributed by atoms with Gasteiger partial charge in [-0.15, -0.1) is 24.8 Å². The highest BCUT2D eigenvalue weighted by Gasteiger charge is 2.12. The Hall–Kier alpha value is -0.450. The van der Waals surface area contributed by atoms with Crippen molar-refractivity contribution in [1.29, 1.82) is 0 Å². The Kier molecular flexibility index (Phi) is 4.37. The quantitative estimate of drug-likeness (QED) is 0.575. The molecule has 0 saturated heterocycles. The van der Waals surface area contributed by atoms with Gasteiger partial charge in [0.05, 0.1) is 5.56 Å². The zero-order chi connectivity index (χ0) is 6.97. The molecule has 1 aliphatic rings. The molecule has 12 heavy (non-hydrogen) atoms. The van der Waals surface area contributed by atoms with Crippen molar-refractivity contribution in [1.82, 2.24) is 15.5 Å². The Morgan fingerprint density at radius 1 is 1.17 bits per heavy atom.